The second kappa shape index (κ2) is 8.20. The molecule has 0 atom stereocenters. The van der Waals surface area contributed by atoms with Crippen molar-refractivity contribution in [1.82, 2.24) is 24.6 Å². The minimum Gasteiger partial charge on any atom is -0.372 e. The lowest BCUT2D eigenvalue weighted by molar-refractivity contribution is 0.0978. The van der Waals surface area contributed by atoms with E-state index in [4.69, 9.17) is 4.74 Å². The maximum atomic E-state index is 5.74. The third-order valence-electron chi connectivity index (χ3n) is 4.28. The Labute approximate surface area is 148 Å². The average Bonchev–Trinajstić information content (AvgIpc) is 3.06. The van der Waals surface area contributed by atoms with Gasteiger partial charge >= 0.3 is 0 Å². The molecule has 2 aromatic heterocycles. The SMILES string of the molecule is Cc1ccc(CN2CCc3nnc(COCCN(C)C)n3CC2)s1. The van der Waals surface area contributed by atoms with Gasteiger partial charge in [-0.2, -0.15) is 0 Å². The van der Waals surface area contributed by atoms with Crippen LogP contribution in [0.3, 0.4) is 0 Å². The van der Waals surface area contributed by atoms with Crippen LogP contribution in [0.1, 0.15) is 21.4 Å². The number of hydrogen-bond donors (Lipinski definition) is 0. The van der Waals surface area contributed by atoms with Gasteiger partial charge in [0.15, 0.2) is 5.82 Å². The van der Waals surface area contributed by atoms with Crippen LogP contribution in [-0.4, -0.2) is 64.9 Å². The van der Waals surface area contributed by atoms with E-state index < -0.39 is 0 Å². The van der Waals surface area contributed by atoms with E-state index in [0.717, 1.165) is 57.4 Å². The second-order valence-corrected chi connectivity index (χ2v) is 7.95. The van der Waals surface area contributed by atoms with Crippen LogP contribution in [0.4, 0.5) is 0 Å². The van der Waals surface area contributed by atoms with Crippen molar-refractivity contribution >= 4 is 11.3 Å². The minimum absolute atomic E-state index is 0.547. The Balaban J connectivity index is 1.54. The second-order valence-electron chi connectivity index (χ2n) is 6.58. The normalized spacial score (nSPS) is 15.7. The molecule has 1 aliphatic rings. The summed E-state index contributed by atoms with van der Waals surface area (Å²) in [5, 5.41) is 8.70. The molecule has 0 unspecified atom stereocenters. The maximum Gasteiger partial charge on any atom is 0.159 e. The summed E-state index contributed by atoms with van der Waals surface area (Å²) >= 11 is 1.89. The fourth-order valence-electron chi connectivity index (χ4n) is 2.89. The highest BCUT2D eigenvalue weighted by Gasteiger charge is 2.19. The number of likely N-dealkylation sites (N-methyl/N-ethyl adjacent to an activating group) is 1. The molecule has 0 aromatic carbocycles. The first-order valence-corrected chi connectivity index (χ1v) is 9.34. The van der Waals surface area contributed by atoms with Crippen LogP contribution < -0.4 is 0 Å². The van der Waals surface area contributed by atoms with Gasteiger partial charge < -0.3 is 14.2 Å². The Morgan fingerprint density at radius 2 is 2.08 bits per heavy atom. The molecule has 0 bridgehead atoms. The van der Waals surface area contributed by atoms with Gasteiger partial charge in [0.05, 0.1) is 6.61 Å². The van der Waals surface area contributed by atoms with Crippen molar-refractivity contribution in [3.8, 4) is 0 Å². The first-order valence-electron chi connectivity index (χ1n) is 8.53. The number of aryl methyl sites for hydroxylation is 1. The van der Waals surface area contributed by atoms with Crippen LogP contribution in [0.15, 0.2) is 12.1 Å². The summed E-state index contributed by atoms with van der Waals surface area (Å²) in [6.45, 7) is 8.41. The topological polar surface area (TPSA) is 46.4 Å². The molecule has 2 aromatic rings. The zero-order chi connectivity index (χ0) is 16.9. The Kier molecular flexibility index (Phi) is 5.99. The van der Waals surface area contributed by atoms with Gasteiger partial charge in [0.25, 0.3) is 0 Å². The zero-order valence-corrected chi connectivity index (χ0v) is 15.7. The summed E-state index contributed by atoms with van der Waals surface area (Å²) in [6.07, 6.45) is 0.953. The molecule has 3 heterocycles. The third kappa shape index (κ3) is 4.63. The lowest BCUT2D eigenvalue weighted by Crippen LogP contribution is -2.26. The van der Waals surface area contributed by atoms with Gasteiger partial charge in [-0.25, -0.2) is 0 Å². The molecular weight excluding hydrogens is 322 g/mol. The van der Waals surface area contributed by atoms with E-state index in [1.54, 1.807) is 0 Å². The van der Waals surface area contributed by atoms with Crippen LogP contribution in [0.5, 0.6) is 0 Å². The number of hydrogen-bond acceptors (Lipinski definition) is 6. The Bertz CT molecular complexity index is 651. The summed E-state index contributed by atoms with van der Waals surface area (Å²) in [7, 11) is 4.10. The molecule has 0 N–H and O–H groups in total. The molecule has 0 saturated carbocycles. The molecule has 0 radical (unpaired) electrons. The first-order chi connectivity index (χ1) is 11.6. The number of ether oxygens (including phenoxy) is 1. The smallest absolute Gasteiger partial charge is 0.159 e. The van der Waals surface area contributed by atoms with Crippen LogP contribution in [0.25, 0.3) is 0 Å². The van der Waals surface area contributed by atoms with E-state index in [1.807, 2.05) is 11.3 Å². The van der Waals surface area contributed by atoms with Crippen molar-refractivity contribution in [2.75, 3.05) is 40.3 Å². The van der Waals surface area contributed by atoms with Crippen molar-refractivity contribution in [3.05, 3.63) is 33.5 Å². The van der Waals surface area contributed by atoms with E-state index in [2.05, 4.69) is 57.7 Å². The van der Waals surface area contributed by atoms with Gasteiger partial charge in [0.1, 0.15) is 12.4 Å². The van der Waals surface area contributed by atoms with Crippen LogP contribution in [0.2, 0.25) is 0 Å². The van der Waals surface area contributed by atoms with Crippen molar-refractivity contribution in [2.24, 2.45) is 0 Å². The number of fused-ring (bicyclic) bond motifs is 1. The highest BCUT2D eigenvalue weighted by atomic mass is 32.1. The average molecular weight is 350 g/mol. The molecule has 0 amide bonds. The molecule has 7 heteroatoms. The number of thiophene rings is 1. The third-order valence-corrected chi connectivity index (χ3v) is 5.27. The van der Waals surface area contributed by atoms with E-state index in [9.17, 15) is 0 Å². The van der Waals surface area contributed by atoms with Gasteiger partial charge in [0, 0.05) is 48.9 Å². The van der Waals surface area contributed by atoms with Crippen LogP contribution >= 0.6 is 11.3 Å². The summed E-state index contributed by atoms with van der Waals surface area (Å²) in [4.78, 5) is 7.46. The number of aromatic nitrogens is 3. The predicted molar refractivity (Wildman–Crippen MR) is 96.3 cm³/mol. The van der Waals surface area contributed by atoms with Crippen molar-refractivity contribution in [2.45, 2.75) is 33.0 Å². The van der Waals surface area contributed by atoms with Crippen LogP contribution in [0, 0.1) is 6.92 Å². The Hall–Kier alpha value is -1.28. The van der Waals surface area contributed by atoms with Crippen molar-refractivity contribution in [3.63, 3.8) is 0 Å². The summed E-state index contributed by atoms with van der Waals surface area (Å²) in [6, 6.07) is 4.45. The van der Waals surface area contributed by atoms with E-state index in [-0.39, 0.29) is 0 Å². The zero-order valence-electron chi connectivity index (χ0n) is 14.9. The molecule has 132 valence electrons. The highest BCUT2D eigenvalue weighted by molar-refractivity contribution is 7.11. The molecule has 0 fully saturated rings. The molecule has 3 rings (SSSR count). The Morgan fingerprint density at radius 3 is 2.83 bits per heavy atom. The van der Waals surface area contributed by atoms with Crippen molar-refractivity contribution < 1.29 is 4.74 Å². The lowest BCUT2D eigenvalue weighted by Gasteiger charge is -2.18. The fraction of sp³-hybridized carbons (Fsp3) is 0.647. The predicted octanol–water partition coefficient (Wildman–Crippen LogP) is 1.78. The highest BCUT2D eigenvalue weighted by Crippen LogP contribution is 2.19. The molecule has 1 aliphatic heterocycles. The van der Waals surface area contributed by atoms with Gasteiger partial charge in [0.2, 0.25) is 0 Å². The number of rotatable bonds is 7. The summed E-state index contributed by atoms with van der Waals surface area (Å²) in [5.74, 6) is 2.05. The maximum absolute atomic E-state index is 5.74. The minimum atomic E-state index is 0.547. The first kappa shape index (κ1) is 17.5. The molecule has 24 heavy (non-hydrogen) atoms. The standard InChI is InChI=1S/C17H27N5OS/c1-14-4-5-15(24-14)12-21-7-6-16-18-19-17(22(16)9-8-21)13-23-11-10-20(2)3/h4-5H,6-13H2,1-3H3. The van der Waals surface area contributed by atoms with Gasteiger partial charge in [-0.15, -0.1) is 21.5 Å². The quantitative estimate of drug-likeness (QED) is 0.713. The molecule has 6 nitrogen and oxygen atoms in total. The summed E-state index contributed by atoms with van der Waals surface area (Å²) in [5.41, 5.74) is 0. The van der Waals surface area contributed by atoms with Gasteiger partial charge in [-0.05, 0) is 33.2 Å². The van der Waals surface area contributed by atoms with E-state index >= 15 is 0 Å². The van der Waals surface area contributed by atoms with Crippen molar-refractivity contribution in [1.29, 1.82) is 0 Å². The molecule has 0 aliphatic carbocycles. The monoisotopic (exact) mass is 349 g/mol. The number of nitrogens with zero attached hydrogens (tertiary/aromatic N) is 5. The lowest BCUT2D eigenvalue weighted by atomic mass is 10.3. The Morgan fingerprint density at radius 1 is 1.21 bits per heavy atom. The molecular formula is C17H27N5OS. The van der Waals surface area contributed by atoms with Gasteiger partial charge in [-0.3, -0.25) is 4.90 Å². The summed E-state index contributed by atoms with van der Waals surface area (Å²) < 4.78 is 7.99. The van der Waals surface area contributed by atoms with Crippen LogP contribution in [-0.2, 0) is 30.9 Å². The molecule has 0 saturated heterocycles. The molecule has 0 spiro atoms. The largest absolute Gasteiger partial charge is 0.372 e. The van der Waals surface area contributed by atoms with Gasteiger partial charge in [-0.1, -0.05) is 0 Å². The van der Waals surface area contributed by atoms with E-state index in [0.29, 0.717) is 6.61 Å². The fourth-order valence-corrected chi connectivity index (χ4v) is 3.83. The van der Waals surface area contributed by atoms with E-state index in [1.165, 1.54) is 9.75 Å².